The van der Waals surface area contributed by atoms with Crippen LogP contribution in [0.5, 0.6) is 0 Å². The highest BCUT2D eigenvalue weighted by molar-refractivity contribution is 5.78. The smallest absolute Gasteiger partial charge is 0.225 e. The highest BCUT2D eigenvalue weighted by Gasteiger charge is 2.50. The molecule has 0 aromatic heterocycles. The van der Waals surface area contributed by atoms with Crippen LogP contribution in [0.25, 0.3) is 0 Å². The molecule has 5 heteroatoms. The van der Waals surface area contributed by atoms with Crippen molar-refractivity contribution in [3.05, 3.63) is 0 Å². The molecule has 4 aliphatic heterocycles. The van der Waals surface area contributed by atoms with Gasteiger partial charge in [0.15, 0.2) is 0 Å². The molecule has 1 N–H and O–H groups in total. The SMILES string of the molecule is CO[C@@H]1CCN2C[C@@H]3C[C@@H](CN4C(=O)C[C@H](O)C[C@H]34)[C@@H]2C1. The second-order valence-corrected chi connectivity index (χ2v) is 7.41. The first kappa shape index (κ1) is 14.0. The molecule has 0 aliphatic carbocycles. The molecule has 4 aliphatic rings. The number of aliphatic hydroxyl groups excluding tert-OH is 1. The minimum absolute atomic E-state index is 0.168. The lowest BCUT2D eigenvalue weighted by atomic mass is 9.70. The van der Waals surface area contributed by atoms with Gasteiger partial charge in [0.05, 0.1) is 18.6 Å². The van der Waals surface area contributed by atoms with E-state index < -0.39 is 6.10 Å². The van der Waals surface area contributed by atoms with Gasteiger partial charge in [0, 0.05) is 38.8 Å². The van der Waals surface area contributed by atoms with Crippen LogP contribution >= 0.6 is 0 Å². The van der Waals surface area contributed by atoms with Crippen LogP contribution in [0.4, 0.5) is 0 Å². The van der Waals surface area contributed by atoms with Gasteiger partial charge in [0.1, 0.15) is 0 Å². The van der Waals surface area contributed by atoms with Gasteiger partial charge in [0.2, 0.25) is 5.91 Å². The van der Waals surface area contributed by atoms with E-state index in [9.17, 15) is 9.90 Å². The minimum atomic E-state index is -0.424. The van der Waals surface area contributed by atoms with Gasteiger partial charge in [-0.3, -0.25) is 9.69 Å². The predicted octanol–water partition coefficient (Wildman–Crippen LogP) is 0.467. The molecule has 6 atom stereocenters. The molecule has 4 heterocycles. The van der Waals surface area contributed by atoms with E-state index in [1.54, 1.807) is 0 Å². The summed E-state index contributed by atoms with van der Waals surface area (Å²) in [5.74, 6) is 1.32. The van der Waals surface area contributed by atoms with Gasteiger partial charge < -0.3 is 14.7 Å². The number of piperidine rings is 4. The van der Waals surface area contributed by atoms with Gasteiger partial charge in [-0.25, -0.2) is 0 Å². The zero-order valence-corrected chi connectivity index (χ0v) is 12.8. The Bertz CT molecular complexity index is 430. The van der Waals surface area contributed by atoms with Crippen molar-refractivity contribution >= 4 is 5.91 Å². The maximum absolute atomic E-state index is 12.3. The first-order valence-corrected chi connectivity index (χ1v) is 8.40. The van der Waals surface area contributed by atoms with Crippen molar-refractivity contribution in [3.8, 4) is 0 Å². The van der Waals surface area contributed by atoms with Crippen LogP contribution in [0.15, 0.2) is 0 Å². The highest BCUT2D eigenvalue weighted by Crippen LogP contribution is 2.43. The van der Waals surface area contributed by atoms with Crippen LogP contribution in [-0.2, 0) is 9.53 Å². The summed E-state index contributed by atoms with van der Waals surface area (Å²) in [6.45, 7) is 3.11. The Morgan fingerprint density at radius 2 is 1.95 bits per heavy atom. The number of carbonyl (C=O) groups excluding carboxylic acids is 1. The summed E-state index contributed by atoms with van der Waals surface area (Å²) < 4.78 is 5.58. The van der Waals surface area contributed by atoms with Crippen molar-refractivity contribution in [1.82, 2.24) is 9.80 Å². The Balaban J connectivity index is 1.55. The molecule has 0 spiro atoms. The summed E-state index contributed by atoms with van der Waals surface area (Å²) in [7, 11) is 1.82. The number of fused-ring (bicyclic) bond motifs is 6. The molecular weight excluding hydrogens is 268 g/mol. The van der Waals surface area contributed by atoms with Crippen molar-refractivity contribution in [1.29, 1.82) is 0 Å². The van der Waals surface area contributed by atoms with Crippen LogP contribution in [0.2, 0.25) is 0 Å². The number of ether oxygens (including phenoxy) is 1. The average Bonchev–Trinajstić information content (AvgIpc) is 2.48. The van der Waals surface area contributed by atoms with Crippen LogP contribution in [0.1, 0.15) is 32.1 Å². The molecular formula is C16H26N2O3. The summed E-state index contributed by atoms with van der Waals surface area (Å²) in [5.41, 5.74) is 0. The van der Waals surface area contributed by atoms with Crippen LogP contribution < -0.4 is 0 Å². The third-order valence-electron chi connectivity index (χ3n) is 6.28. The van der Waals surface area contributed by atoms with E-state index in [2.05, 4.69) is 9.80 Å². The molecule has 4 rings (SSSR count). The molecule has 0 saturated carbocycles. The quantitative estimate of drug-likeness (QED) is 0.764. The molecule has 4 saturated heterocycles. The average molecular weight is 294 g/mol. The van der Waals surface area contributed by atoms with Gasteiger partial charge in [0.25, 0.3) is 0 Å². The Kier molecular flexibility index (Phi) is 3.47. The van der Waals surface area contributed by atoms with Crippen LogP contribution in [-0.4, -0.2) is 71.8 Å². The van der Waals surface area contributed by atoms with E-state index in [4.69, 9.17) is 4.74 Å². The summed E-state index contributed by atoms with van der Waals surface area (Å²) >= 11 is 0. The number of hydrogen-bond donors (Lipinski definition) is 1. The lowest BCUT2D eigenvalue weighted by molar-refractivity contribution is -0.156. The van der Waals surface area contributed by atoms with Gasteiger partial charge in [-0.15, -0.1) is 0 Å². The number of carbonyl (C=O) groups is 1. The molecule has 0 radical (unpaired) electrons. The standard InChI is InChI=1S/C16H26N2O3/c1-21-13-2-3-17-8-10-4-11(14(17)7-13)9-18-15(10)5-12(19)6-16(18)20/h10-15,19H,2-9H2,1H3/t10-,11-,12+,13+,14-,15+/m0/s1. The maximum atomic E-state index is 12.3. The molecule has 2 bridgehead atoms. The zero-order chi connectivity index (χ0) is 14.6. The largest absolute Gasteiger partial charge is 0.393 e. The van der Waals surface area contributed by atoms with Crippen molar-refractivity contribution in [2.24, 2.45) is 11.8 Å². The second-order valence-electron chi connectivity index (χ2n) is 7.41. The first-order chi connectivity index (χ1) is 10.2. The minimum Gasteiger partial charge on any atom is -0.393 e. The van der Waals surface area contributed by atoms with Gasteiger partial charge in [-0.1, -0.05) is 0 Å². The normalized spacial score (nSPS) is 47.0. The third kappa shape index (κ3) is 2.30. The Labute approximate surface area is 126 Å². The van der Waals surface area contributed by atoms with Crippen molar-refractivity contribution in [3.63, 3.8) is 0 Å². The van der Waals surface area contributed by atoms with Gasteiger partial charge >= 0.3 is 0 Å². The number of aliphatic hydroxyl groups is 1. The lowest BCUT2D eigenvalue weighted by Gasteiger charge is -2.57. The number of nitrogens with zero attached hydrogens (tertiary/aromatic N) is 2. The molecule has 21 heavy (non-hydrogen) atoms. The second kappa shape index (κ2) is 5.21. The van der Waals surface area contributed by atoms with E-state index in [1.807, 2.05) is 7.11 Å². The third-order valence-corrected chi connectivity index (χ3v) is 6.28. The molecule has 5 nitrogen and oxygen atoms in total. The van der Waals surface area contributed by atoms with Crippen molar-refractivity contribution in [2.45, 2.75) is 56.4 Å². The summed E-state index contributed by atoms with van der Waals surface area (Å²) in [4.78, 5) is 17.0. The van der Waals surface area contributed by atoms with Crippen molar-refractivity contribution < 1.29 is 14.6 Å². The van der Waals surface area contributed by atoms with Crippen LogP contribution in [0.3, 0.4) is 0 Å². The maximum Gasteiger partial charge on any atom is 0.225 e. The molecule has 4 fully saturated rings. The fourth-order valence-corrected chi connectivity index (χ4v) is 5.27. The Hall–Kier alpha value is -0.650. The van der Waals surface area contributed by atoms with Gasteiger partial charge in [-0.2, -0.15) is 0 Å². The first-order valence-electron chi connectivity index (χ1n) is 8.40. The van der Waals surface area contributed by atoms with E-state index in [0.29, 0.717) is 30.4 Å². The van der Waals surface area contributed by atoms with E-state index in [0.717, 1.165) is 38.9 Å². The van der Waals surface area contributed by atoms with E-state index >= 15 is 0 Å². The van der Waals surface area contributed by atoms with Crippen LogP contribution in [0, 0.1) is 11.8 Å². The summed E-state index contributed by atoms with van der Waals surface area (Å²) in [6, 6.07) is 0.860. The summed E-state index contributed by atoms with van der Waals surface area (Å²) in [6.07, 6.45) is 4.53. The highest BCUT2D eigenvalue weighted by atomic mass is 16.5. The van der Waals surface area contributed by atoms with E-state index in [-0.39, 0.29) is 11.9 Å². The number of methoxy groups -OCH3 is 1. The van der Waals surface area contributed by atoms with Crippen molar-refractivity contribution in [2.75, 3.05) is 26.7 Å². The number of hydrogen-bond acceptors (Lipinski definition) is 4. The molecule has 118 valence electrons. The zero-order valence-electron chi connectivity index (χ0n) is 12.8. The topological polar surface area (TPSA) is 53.0 Å². The summed E-state index contributed by atoms with van der Waals surface area (Å²) in [5, 5.41) is 9.94. The number of rotatable bonds is 1. The van der Waals surface area contributed by atoms with Gasteiger partial charge in [-0.05, 0) is 37.5 Å². The Morgan fingerprint density at radius 1 is 1.14 bits per heavy atom. The van der Waals surface area contributed by atoms with E-state index in [1.165, 1.54) is 6.42 Å². The molecule has 0 aromatic carbocycles. The molecule has 1 amide bonds. The predicted molar refractivity (Wildman–Crippen MR) is 77.7 cm³/mol. The molecule has 0 unspecified atom stereocenters. The molecule has 0 aromatic rings. The fourth-order valence-electron chi connectivity index (χ4n) is 5.27. The monoisotopic (exact) mass is 294 g/mol. The Morgan fingerprint density at radius 3 is 2.76 bits per heavy atom. The fraction of sp³-hybridized carbons (Fsp3) is 0.938. The lowest BCUT2D eigenvalue weighted by Crippen LogP contribution is -2.66. The number of amides is 1.